The minimum absolute atomic E-state index is 0.0727. The summed E-state index contributed by atoms with van der Waals surface area (Å²) in [5.74, 6) is -0.335. The van der Waals surface area contributed by atoms with Gasteiger partial charge in [-0.1, -0.05) is 0 Å². The highest BCUT2D eigenvalue weighted by molar-refractivity contribution is 7.92. The minimum Gasteiger partial charge on any atom is -0.506 e. The van der Waals surface area contributed by atoms with Gasteiger partial charge in [-0.2, -0.15) is 0 Å². The third-order valence-electron chi connectivity index (χ3n) is 1.69. The Balaban J connectivity index is 3.31. The van der Waals surface area contributed by atoms with Gasteiger partial charge in [-0.05, 0) is 18.2 Å². The van der Waals surface area contributed by atoms with Crippen LogP contribution < -0.4 is 4.72 Å². The number of aromatic hydroxyl groups is 1. The smallest absolute Gasteiger partial charge is 0.229 e. The molecule has 16 heavy (non-hydrogen) atoms. The predicted molar refractivity (Wildman–Crippen MR) is 59.7 cm³/mol. The van der Waals surface area contributed by atoms with E-state index >= 15 is 0 Å². The molecule has 0 heterocycles. The van der Waals surface area contributed by atoms with E-state index in [1.807, 2.05) is 4.72 Å². The lowest BCUT2D eigenvalue weighted by molar-refractivity contribution is 0.477. The summed E-state index contributed by atoms with van der Waals surface area (Å²) in [4.78, 5) is -0.0727. The van der Waals surface area contributed by atoms with E-state index in [0.717, 1.165) is 24.6 Å². The van der Waals surface area contributed by atoms with Crippen LogP contribution in [0.5, 0.6) is 5.75 Å². The number of hydrogen-bond donors (Lipinski definition) is 2. The first-order valence-corrected chi connectivity index (χ1v) is 7.89. The lowest BCUT2D eigenvalue weighted by atomic mass is 10.3. The highest BCUT2D eigenvalue weighted by Gasteiger charge is 2.12. The van der Waals surface area contributed by atoms with Crippen molar-refractivity contribution in [2.24, 2.45) is 0 Å². The van der Waals surface area contributed by atoms with E-state index < -0.39 is 19.9 Å². The first-order valence-electron chi connectivity index (χ1n) is 4.10. The third kappa shape index (κ3) is 3.38. The Morgan fingerprint density at radius 3 is 2.12 bits per heavy atom. The van der Waals surface area contributed by atoms with Crippen molar-refractivity contribution in [3.63, 3.8) is 0 Å². The number of rotatable bonds is 3. The number of phenolic OH excluding ortho intramolecular Hbond substituents is 1. The molecule has 1 aromatic carbocycles. The van der Waals surface area contributed by atoms with Crippen LogP contribution in [0.25, 0.3) is 0 Å². The summed E-state index contributed by atoms with van der Waals surface area (Å²) < 4.78 is 46.3. The van der Waals surface area contributed by atoms with Gasteiger partial charge in [0.1, 0.15) is 5.75 Å². The average molecular weight is 265 g/mol. The number of sulfone groups is 1. The molecule has 8 heteroatoms. The molecule has 0 aliphatic rings. The molecule has 0 bridgehead atoms. The first-order chi connectivity index (χ1) is 7.09. The van der Waals surface area contributed by atoms with Gasteiger partial charge in [0.25, 0.3) is 0 Å². The maximum Gasteiger partial charge on any atom is 0.229 e. The van der Waals surface area contributed by atoms with Gasteiger partial charge < -0.3 is 5.11 Å². The van der Waals surface area contributed by atoms with E-state index in [2.05, 4.69) is 0 Å². The molecule has 0 radical (unpaired) electrons. The molecule has 6 nitrogen and oxygen atoms in total. The van der Waals surface area contributed by atoms with Crippen LogP contribution in [-0.4, -0.2) is 34.5 Å². The Morgan fingerprint density at radius 2 is 1.69 bits per heavy atom. The molecule has 0 amide bonds. The van der Waals surface area contributed by atoms with Gasteiger partial charge in [0.2, 0.25) is 10.0 Å². The highest BCUT2D eigenvalue weighted by Crippen LogP contribution is 2.26. The summed E-state index contributed by atoms with van der Waals surface area (Å²) in [5, 5.41) is 9.34. The molecule has 0 atom stereocenters. The Morgan fingerprint density at radius 1 is 1.12 bits per heavy atom. The first kappa shape index (κ1) is 12.8. The average Bonchev–Trinajstić information content (AvgIpc) is 2.04. The van der Waals surface area contributed by atoms with Crippen molar-refractivity contribution >= 4 is 25.5 Å². The van der Waals surface area contributed by atoms with Crippen LogP contribution in [0, 0.1) is 0 Å². The number of sulfonamides is 1. The van der Waals surface area contributed by atoms with Gasteiger partial charge in [-0.25, -0.2) is 16.8 Å². The molecule has 0 fully saturated rings. The van der Waals surface area contributed by atoms with E-state index in [-0.39, 0.29) is 16.3 Å². The minimum atomic E-state index is -3.57. The van der Waals surface area contributed by atoms with E-state index in [4.69, 9.17) is 0 Å². The molecule has 0 aliphatic carbocycles. The highest BCUT2D eigenvalue weighted by atomic mass is 32.2. The van der Waals surface area contributed by atoms with Gasteiger partial charge in [0.05, 0.1) is 16.8 Å². The molecular weight excluding hydrogens is 254 g/mol. The number of anilines is 1. The third-order valence-corrected chi connectivity index (χ3v) is 3.39. The Labute approximate surface area is 93.9 Å². The molecule has 1 aromatic rings. The SMILES string of the molecule is CS(=O)(=O)Nc1cc(S(C)(=O)=O)ccc1O. The van der Waals surface area contributed by atoms with E-state index in [9.17, 15) is 21.9 Å². The number of benzene rings is 1. The standard InChI is InChI=1S/C8H11NO5S2/c1-15(11,12)6-3-4-8(10)7(5-6)9-16(2,13)14/h3-5,9-10H,1-2H3. The number of hydrogen-bond acceptors (Lipinski definition) is 5. The lowest BCUT2D eigenvalue weighted by Crippen LogP contribution is -2.10. The van der Waals surface area contributed by atoms with Crippen molar-refractivity contribution in [1.82, 2.24) is 0 Å². The largest absolute Gasteiger partial charge is 0.506 e. The maximum absolute atomic E-state index is 11.2. The predicted octanol–water partition coefficient (Wildman–Crippen LogP) is 0.167. The zero-order chi connectivity index (χ0) is 12.6. The second kappa shape index (κ2) is 3.95. The maximum atomic E-state index is 11.2. The zero-order valence-electron chi connectivity index (χ0n) is 8.63. The van der Waals surface area contributed by atoms with Crippen molar-refractivity contribution in [3.8, 4) is 5.75 Å². The summed E-state index contributed by atoms with van der Waals surface area (Å²) in [6.07, 6.45) is 1.89. The molecule has 0 saturated heterocycles. The van der Waals surface area contributed by atoms with Gasteiger partial charge in [0.15, 0.2) is 9.84 Å². The van der Waals surface area contributed by atoms with Gasteiger partial charge >= 0.3 is 0 Å². The van der Waals surface area contributed by atoms with Crippen LogP contribution in [-0.2, 0) is 19.9 Å². The fraction of sp³-hybridized carbons (Fsp3) is 0.250. The van der Waals surface area contributed by atoms with Crippen molar-refractivity contribution in [2.45, 2.75) is 4.90 Å². The summed E-state index contributed by atoms with van der Waals surface area (Å²) >= 11 is 0. The van der Waals surface area contributed by atoms with Crippen molar-refractivity contribution < 1.29 is 21.9 Å². The summed E-state index contributed by atoms with van der Waals surface area (Å²) in [6.45, 7) is 0. The van der Waals surface area contributed by atoms with Gasteiger partial charge in [0, 0.05) is 6.26 Å². The van der Waals surface area contributed by atoms with E-state index in [0.29, 0.717) is 0 Å². The van der Waals surface area contributed by atoms with Crippen LogP contribution in [0.1, 0.15) is 0 Å². The molecule has 0 saturated carbocycles. The molecule has 0 aliphatic heterocycles. The van der Waals surface area contributed by atoms with Crippen LogP contribution >= 0.6 is 0 Å². The van der Waals surface area contributed by atoms with Crippen LogP contribution in [0.15, 0.2) is 23.1 Å². The van der Waals surface area contributed by atoms with Crippen LogP contribution in [0.4, 0.5) is 5.69 Å². The Kier molecular flexibility index (Phi) is 3.15. The van der Waals surface area contributed by atoms with Gasteiger partial charge in [-0.15, -0.1) is 0 Å². The fourth-order valence-corrected chi connectivity index (χ4v) is 2.24. The molecule has 0 spiro atoms. The van der Waals surface area contributed by atoms with E-state index in [1.54, 1.807) is 0 Å². The second-order valence-electron chi connectivity index (χ2n) is 3.33. The molecule has 0 aromatic heterocycles. The summed E-state index contributed by atoms with van der Waals surface area (Å²) in [6, 6.07) is 3.37. The molecule has 1 rings (SSSR count). The zero-order valence-corrected chi connectivity index (χ0v) is 10.3. The quantitative estimate of drug-likeness (QED) is 0.759. The topological polar surface area (TPSA) is 101 Å². The van der Waals surface area contributed by atoms with Crippen molar-refractivity contribution in [1.29, 1.82) is 0 Å². The molecule has 90 valence electrons. The normalized spacial score (nSPS) is 12.4. The molecule has 2 N–H and O–H groups in total. The second-order valence-corrected chi connectivity index (χ2v) is 7.09. The monoisotopic (exact) mass is 265 g/mol. The fourth-order valence-electron chi connectivity index (χ4n) is 1.03. The van der Waals surface area contributed by atoms with E-state index in [1.165, 1.54) is 6.07 Å². The lowest BCUT2D eigenvalue weighted by Gasteiger charge is -2.07. The molecular formula is C8H11NO5S2. The summed E-state index contributed by atoms with van der Waals surface area (Å²) in [5.41, 5.74) is -0.162. The summed E-state index contributed by atoms with van der Waals surface area (Å²) in [7, 11) is -7.01. The van der Waals surface area contributed by atoms with Crippen LogP contribution in [0.2, 0.25) is 0 Å². The number of nitrogens with one attached hydrogen (secondary N) is 1. The molecule has 0 unspecified atom stereocenters. The number of phenols is 1. The van der Waals surface area contributed by atoms with Crippen molar-refractivity contribution in [3.05, 3.63) is 18.2 Å². The van der Waals surface area contributed by atoms with Crippen molar-refractivity contribution in [2.75, 3.05) is 17.2 Å². The van der Waals surface area contributed by atoms with Crippen LogP contribution in [0.3, 0.4) is 0 Å². The van der Waals surface area contributed by atoms with Gasteiger partial charge in [-0.3, -0.25) is 4.72 Å². The Bertz CT molecular complexity index is 603. The Hall–Kier alpha value is -1.28.